The molecule has 0 atom stereocenters. The number of nitrogens with one attached hydrogen (secondary N) is 1. The first-order valence-corrected chi connectivity index (χ1v) is 7.66. The Morgan fingerprint density at radius 1 is 1.15 bits per heavy atom. The molecular formula is C16H21N3S. The van der Waals surface area contributed by atoms with Crippen LogP contribution in [0.1, 0.15) is 30.7 Å². The van der Waals surface area contributed by atoms with Crippen LogP contribution in [-0.2, 0) is 6.54 Å². The van der Waals surface area contributed by atoms with Crippen LogP contribution in [0.3, 0.4) is 0 Å². The zero-order valence-corrected chi connectivity index (χ0v) is 13.3. The Hall–Kier alpha value is -1.39. The SMILES string of the molecule is Cc1cc(C)nc(Sc2ccc(CNC(C)C)cn2)c1. The average molecular weight is 287 g/mol. The second kappa shape index (κ2) is 6.86. The maximum absolute atomic E-state index is 4.52. The van der Waals surface area contributed by atoms with Crippen molar-refractivity contribution in [3.63, 3.8) is 0 Å². The molecular weight excluding hydrogens is 266 g/mol. The quantitative estimate of drug-likeness (QED) is 0.909. The third kappa shape index (κ3) is 4.62. The maximum atomic E-state index is 4.52. The Bertz CT molecular complexity index is 544. The zero-order chi connectivity index (χ0) is 14.5. The number of aromatic nitrogens is 2. The summed E-state index contributed by atoms with van der Waals surface area (Å²) in [5, 5.41) is 5.37. The van der Waals surface area contributed by atoms with Crippen molar-refractivity contribution in [2.24, 2.45) is 0 Å². The molecule has 0 bridgehead atoms. The van der Waals surface area contributed by atoms with E-state index in [4.69, 9.17) is 0 Å². The molecule has 0 saturated carbocycles. The second-order valence-electron chi connectivity index (χ2n) is 5.27. The third-order valence-electron chi connectivity index (χ3n) is 2.80. The summed E-state index contributed by atoms with van der Waals surface area (Å²) in [5.41, 5.74) is 3.49. The van der Waals surface area contributed by atoms with Crippen molar-refractivity contribution >= 4 is 11.8 Å². The molecule has 0 aliphatic carbocycles. The topological polar surface area (TPSA) is 37.8 Å². The number of rotatable bonds is 5. The summed E-state index contributed by atoms with van der Waals surface area (Å²) >= 11 is 1.61. The molecule has 2 heterocycles. The lowest BCUT2D eigenvalue weighted by molar-refractivity contribution is 0.587. The lowest BCUT2D eigenvalue weighted by atomic mass is 10.2. The van der Waals surface area contributed by atoms with Gasteiger partial charge in [-0.25, -0.2) is 9.97 Å². The second-order valence-corrected chi connectivity index (χ2v) is 6.31. The summed E-state index contributed by atoms with van der Waals surface area (Å²) in [5.74, 6) is 0. The van der Waals surface area contributed by atoms with E-state index in [2.05, 4.69) is 60.3 Å². The van der Waals surface area contributed by atoms with Crippen molar-refractivity contribution in [2.45, 2.75) is 50.3 Å². The van der Waals surface area contributed by atoms with Crippen LogP contribution in [-0.4, -0.2) is 16.0 Å². The molecule has 0 aliphatic rings. The van der Waals surface area contributed by atoms with E-state index >= 15 is 0 Å². The van der Waals surface area contributed by atoms with Crippen molar-refractivity contribution in [1.29, 1.82) is 0 Å². The molecule has 3 nitrogen and oxygen atoms in total. The molecule has 0 spiro atoms. The average Bonchev–Trinajstić information content (AvgIpc) is 2.36. The first-order valence-electron chi connectivity index (χ1n) is 6.84. The van der Waals surface area contributed by atoms with Crippen LogP contribution in [0.2, 0.25) is 0 Å². The number of nitrogens with zero attached hydrogens (tertiary/aromatic N) is 2. The molecule has 0 aromatic carbocycles. The molecule has 0 amide bonds. The predicted molar refractivity (Wildman–Crippen MR) is 84.0 cm³/mol. The number of hydrogen-bond donors (Lipinski definition) is 1. The first kappa shape index (κ1) is 15.0. The van der Waals surface area contributed by atoms with E-state index in [9.17, 15) is 0 Å². The van der Waals surface area contributed by atoms with Crippen molar-refractivity contribution in [2.75, 3.05) is 0 Å². The summed E-state index contributed by atoms with van der Waals surface area (Å²) in [6.45, 7) is 9.25. The number of aryl methyl sites for hydroxylation is 2. The molecule has 106 valence electrons. The van der Waals surface area contributed by atoms with E-state index in [1.807, 2.05) is 13.1 Å². The minimum absolute atomic E-state index is 0.489. The monoisotopic (exact) mass is 287 g/mol. The molecule has 0 radical (unpaired) electrons. The molecule has 2 rings (SSSR count). The van der Waals surface area contributed by atoms with Gasteiger partial charge in [-0.2, -0.15) is 0 Å². The fourth-order valence-corrected chi connectivity index (χ4v) is 2.75. The smallest absolute Gasteiger partial charge is 0.103 e. The summed E-state index contributed by atoms with van der Waals surface area (Å²) in [6, 6.07) is 8.84. The van der Waals surface area contributed by atoms with Gasteiger partial charge < -0.3 is 5.32 Å². The molecule has 20 heavy (non-hydrogen) atoms. The van der Waals surface area contributed by atoms with Crippen LogP contribution >= 0.6 is 11.8 Å². The minimum atomic E-state index is 0.489. The fraction of sp³-hybridized carbons (Fsp3) is 0.375. The van der Waals surface area contributed by atoms with Crippen LogP contribution in [0.15, 0.2) is 40.5 Å². The largest absolute Gasteiger partial charge is 0.310 e. The van der Waals surface area contributed by atoms with E-state index < -0.39 is 0 Å². The molecule has 4 heteroatoms. The maximum Gasteiger partial charge on any atom is 0.103 e. The van der Waals surface area contributed by atoms with Gasteiger partial charge in [-0.15, -0.1) is 0 Å². The van der Waals surface area contributed by atoms with Gasteiger partial charge in [0.25, 0.3) is 0 Å². The summed E-state index contributed by atoms with van der Waals surface area (Å²) < 4.78 is 0. The molecule has 0 unspecified atom stereocenters. The predicted octanol–water partition coefficient (Wildman–Crippen LogP) is 3.74. The van der Waals surface area contributed by atoms with Gasteiger partial charge in [0.15, 0.2) is 0 Å². The van der Waals surface area contributed by atoms with E-state index in [0.29, 0.717) is 6.04 Å². The van der Waals surface area contributed by atoms with E-state index in [-0.39, 0.29) is 0 Å². The van der Waals surface area contributed by atoms with Gasteiger partial charge in [0.1, 0.15) is 10.1 Å². The summed E-state index contributed by atoms with van der Waals surface area (Å²) in [4.78, 5) is 9.02. The van der Waals surface area contributed by atoms with Crippen LogP contribution in [0, 0.1) is 13.8 Å². The molecule has 1 N–H and O–H groups in total. The molecule has 2 aromatic rings. The molecule has 0 saturated heterocycles. The van der Waals surface area contributed by atoms with Crippen molar-refractivity contribution in [1.82, 2.24) is 15.3 Å². The Kier molecular flexibility index (Phi) is 5.15. The van der Waals surface area contributed by atoms with Gasteiger partial charge in [0, 0.05) is 24.5 Å². The normalized spacial score (nSPS) is 11.1. The first-order chi connectivity index (χ1) is 9.52. The van der Waals surface area contributed by atoms with Crippen molar-refractivity contribution in [3.05, 3.63) is 47.3 Å². The highest BCUT2D eigenvalue weighted by Gasteiger charge is 2.03. The van der Waals surface area contributed by atoms with Crippen LogP contribution in [0.25, 0.3) is 0 Å². The fourth-order valence-electron chi connectivity index (χ4n) is 1.86. The lowest BCUT2D eigenvalue weighted by Gasteiger charge is -2.08. The minimum Gasteiger partial charge on any atom is -0.310 e. The number of hydrogen-bond acceptors (Lipinski definition) is 4. The van der Waals surface area contributed by atoms with Crippen LogP contribution in [0.4, 0.5) is 0 Å². The van der Waals surface area contributed by atoms with Crippen molar-refractivity contribution in [3.8, 4) is 0 Å². The Labute approximate surface area is 125 Å². The third-order valence-corrected chi connectivity index (χ3v) is 3.66. The van der Waals surface area contributed by atoms with E-state index in [0.717, 1.165) is 22.3 Å². The Morgan fingerprint density at radius 2 is 1.95 bits per heavy atom. The van der Waals surface area contributed by atoms with Gasteiger partial charge in [0.2, 0.25) is 0 Å². The van der Waals surface area contributed by atoms with Crippen molar-refractivity contribution < 1.29 is 0 Å². The van der Waals surface area contributed by atoms with Gasteiger partial charge >= 0.3 is 0 Å². The van der Waals surface area contributed by atoms with Gasteiger partial charge in [-0.3, -0.25) is 0 Å². The van der Waals surface area contributed by atoms with Gasteiger partial charge in [-0.05, 0) is 43.2 Å². The van der Waals surface area contributed by atoms with Gasteiger partial charge in [0.05, 0.1) is 0 Å². The van der Waals surface area contributed by atoms with Crippen LogP contribution < -0.4 is 5.32 Å². The highest BCUT2D eigenvalue weighted by Crippen LogP contribution is 2.25. The van der Waals surface area contributed by atoms with Gasteiger partial charge in [-0.1, -0.05) is 31.7 Å². The Morgan fingerprint density at radius 3 is 2.55 bits per heavy atom. The number of pyridine rings is 2. The molecule has 0 aliphatic heterocycles. The molecule has 0 fully saturated rings. The lowest BCUT2D eigenvalue weighted by Crippen LogP contribution is -2.21. The van der Waals surface area contributed by atoms with E-state index in [1.54, 1.807) is 11.8 Å². The van der Waals surface area contributed by atoms with E-state index in [1.165, 1.54) is 11.1 Å². The standard InChI is InChI=1S/C16H21N3S/c1-11(2)17-9-14-5-6-15(18-10-14)20-16-8-12(3)7-13(4)19-16/h5-8,10-11,17H,9H2,1-4H3. The summed E-state index contributed by atoms with van der Waals surface area (Å²) in [7, 11) is 0. The van der Waals surface area contributed by atoms with Crippen LogP contribution in [0.5, 0.6) is 0 Å². The Balaban J connectivity index is 2.03. The molecule has 2 aromatic heterocycles. The highest BCUT2D eigenvalue weighted by molar-refractivity contribution is 7.99. The zero-order valence-electron chi connectivity index (χ0n) is 12.5. The highest BCUT2D eigenvalue weighted by atomic mass is 32.2. The summed E-state index contributed by atoms with van der Waals surface area (Å²) in [6.07, 6.45) is 1.93.